The average molecular weight is 317 g/mol. The van der Waals surface area contributed by atoms with Crippen LogP contribution in [-0.4, -0.2) is 23.9 Å². The Labute approximate surface area is 115 Å². The van der Waals surface area contributed by atoms with Crippen LogP contribution < -0.4 is 0 Å². The van der Waals surface area contributed by atoms with E-state index >= 15 is 0 Å². The molecule has 1 aliphatic rings. The first kappa shape index (κ1) is 14.0. The molecule has 2 rings (SSSR count). The summed E-state index contributed by atoms with van der Waals surface area (Å²) in [6.07, 6.45) is 2.08. The zero-order valence-corrected chi connectivity index (χ0v) is 12.0. The zero-order valence-electron chi connectivity index (χ0n) is 10.4. The highest BCUT2D eigenvalue weighted by Crippen LogP contribution is 2.29. The van der Waals surface area contributed by atoms with Crippen LogP contribution in [0, 0.1) is 11.7 Å². The minimum absolute atomic E-state index is 0.152. The van der Waals surface area contributed by atoms with E-state index in [9.17, 15) is 9.50 Å². The van der Waals surface area contributed by atoms with Gasteiger partial charge in [0.2, 0.25) is 0 Å². The monoisotopic (exact) mass is 316 g/mol. The van der Waals surface area contributed by atoms with Crippen LogP contribution in [0.2, 0.25) is 0 Å². The van der Waals surface area contributed by atoms with E-state index in [4.69, 9.17) is 4.74 Å². The predicted octanol–water partition coefficient (Wildman–Crippen LogP) is 3.31. The first-order valence-corrected chi connectivity index (χ1v) is 7.14. The van der Waals surface area contributed by atoms with Crippen LogP contribution in [-0.2, 0) is 11.2 Å². The van der Waals surface area contributed by atoms with Crippen LogP contribution >= 0.6 is 15.9 Å². The zero-order chi connectivity index (χ0) is 13.1. The first-order chi connectivity index (χ1) is 8.61. The van der Waals surface area contributed by atoms with E-state index < -0.39 is 6.10 Å². The summed E-state index contributed by atoms with van der Waals surface area (Å²) in [5.41, 5.74) is 0.936. The van der Waals surface area contributed by atoms with Gasteiger partial charge in [0, 0.05) is 17.0 Å². The highest BCUT2D eigenvalue weighted by atomic mass is 79.9. The fourth-order valence-corrected chi connectivity index (χ4v) is 3.10. The molecule has 3 unspecified atom stereocenters. The quantitative estimate of drug-likeness (QED) is 0.923. The number of hydrogen-bond acceptors (Lipinski definition) is 2. The van der Waals surface area contributed by atoms with Crippen molar-refractivity contribution in [2.45, 2.75) is 38.4 Å². The van der Waals surface area contributed by atoms with Crippen LogP contribution in [0.3, 0.4) is 0 Å². The lowest BCUT2D eigenvalue weighted by molar-refractivity contribution is 0.0317. The Morgan fingerprint density at radius 1 is 1.56 bits per heavy atom. The average Bonchev–Trinajstić information content (AvgIpc) is 2.81. The molecule has 1 saturated heterocycles. The largest absolute Gasteiger partial charge is 0.392 e. The van der Waals surface area contributed by atoms with E-state index in [1.165, 1.54) is 12.1 Å². The standard InChI is InChI=1S/C14H18BrFO2/c1-2-14-11(5-6-18-14)13(17)7-9-3-4-10(16)8-12(9)15/h3-4,8,11,13-14,17H,2,5-7H2,1H3. The maximum atomic E-state index is 13.0. The molecule has 0 aliphatic carbocycles. The highest BCUT2D eigenvalue weighted by molar-refractivity contribution is 9.10. The molecule has 1 heterocycles. The molecule has 0 spiro atoms. The molecule has 1 aromatic rings. The lowest BCUT2D eigenvalue weighted by atomic mass is 9.89. The van der Waals surface area contributed by atoms with Crippen LogP contribution in [0.25, 0.3) is 0 Å². The maximum Gasteiger partial charge on any atom is 0.124 e. The van der Waals surface area contributed by atoms with E-state index in [0.717, 1.165) is 25.0 Å². The fourth-order valence-electron chi connectivity index (χ4n) is 2.59. The van der Waals surface area contributed by atoms with Gasteiger partial charge in [0.15, 0.2) is 0 Å². The minimum Gasteiger partial charge on any atom is -0.392 e. The van der Waals surface area contributed by atoms with Crippen LogP contribution in [0.5, 0.6) is 0 Å². The van der Waals surface area contributed by atoms with E-state index in [2.05, 4.69) is 22.9 Å². The van der Waals surface area contributed by atoms with Gasteiger partial charge >= 0.3 is 0 Å². The molecule has 0 saturated carbocycles. The molecule has 0 bridgehead atoms. The molecule has 4 heteroatoms. The predicted molar refractivity (Wildman–Crippen MR) is 71.9 cm³/mol. The van der Waals surface area contributed by atoms with E-state index in [0.29, 0.717) is 10.9 Å². The lowest BCUT2D eigenvalue weighted by Crippen LogP contribution is -2.29. The third-order valence-corrected chi connectivity index (χ3v) is 4.34. The van der Waals surface area contributed by atoms with Crippen molar-refractivity contribution in [2.75, 3.05) is 6.61 Å². The molecule has 1 N–H and O–H groups in total. The van der Waals surface area contributed by atoms with Gasteiger partial charge in [-0.15, -0.1) is 0 Å². The van der Waals surface area contributed by atoms with Crippen molar-refractivity contribution < 1.29 is 14.2 Å². The van der Waals surface area contributed by atoms with E-state index in [1.807, 2.05) is 0 Å². The molecule has 0 aromatic heterocycles. The lowest BCUT2D eigenvalue weighted by Gasteiger charge is -2.23. The second-order valence-electron chi connectivity index (χ2n) is 4.78. The maximum absolute atomic E-state index is 13.0. The van der Waals surface area contributed by atoms with Gasteiger partial charge in [-0.2, -0.15) is 0 Å². The Morgan fingerprint density at radius 3 is 3.00 bits per heavy atom. The van der Waals surface area contributed by atoms with Gasteiger partial charge in [0.25, 0.3) is 0 Å². The Morgan fingerprint density at radius 2 is 2.33 bits per heavy atom. The number of benzene rings is 1. The summed E-state index contributed by atoms with van der Waals surface area (Å²) in [4.78, 5) is 0. The number of aliphatic hydroxyl groups excluding tert-OH is 1. The normalized spacial score (nSPS) is 25.3. The van der Waals surface area contributed by atoms with Crippen molar-refractivity contribution in [3.63, 3.8) is 0 Å². The van der Waals surface area contributed by atoms with Crippen molar-refractivity contribution in [3.8, 4) is 0 Å². The molecule has 0 amide bonds. The number of ether oxygens (including phenoxy) is 1. The number of halogens is 2. The van der Waals surface area contributed by atoms with Crippen LogP contribution in [0.4, 0.5) is 4.39 Å². The third-order valence-electron chi connectivity index (χ3n) is 3.60. The van der Waals surface area contributed by atoms with E-state index in [-0.39, 0.29) is 17.8 Å². The van der Waals surface area contributed by atoms with Gasteiger partial charge in [-0.05, 0) is 37.0 Å². The summed E-state index contributed by atoms with van der Waals surface area (Å²) in [5.74, 6) is -0.0808. The minimum atomic E-state index is -0.431. The number of hydrogen-bond donors (Lipinski definition) is 1. The van der Waals surface area contributed by atoms with Crippen molar-refractivity contribution in [1.82, 2.24) is 0 Å². The molecule has 0 radical (unpaired) electrons. The molecule has 1 aromatic carbocycles. The van der Waals surface area contributed by atoms with Gasteiger partial charge in [0.05, 0.1) is 12.2 Å². The summed E-state index contributed by atoms with van der Waals surface area (Å²) in [6.45, 7) is 2.80. The summed E-state index contributed by atoms with van der Waals surface area (Å²) in [6, 6.07) is 4.58. The summed E-state index contributed by atoms with van der Waals surface area (Å²) in [7, 11) is 0. The molecular formula is C14H18BrFO2. The van der Waals surface area contributed by atoms with Gasteiger partial charge in [-0.25, -0.2) is 4.39 Å². The van der Waals surface area contributed by atoms with Crippen LogP contribution in [0.1, 0.15) is 25.3 Å². The number of aliphatic hydroxyl groups is 1. The summed E-state index contributed by atoms with van der Waals surface area (Å²) in [5, 5.41) is 10.3. The molecule has 2 nitrogen and oxygen atoms in total. The molecule has 18 heavy (non-hydrogen) atoms. The Hall–Kier alpha value is -0.450. The highest BCUT2D eigenvalue weighted by Gasteiger charge is 2.32. The van der Waals surface area contributed by atoms with E-state index in [1.54, 1.807) is 6.07 Å². The smallest absolute Gasteiger partial charge is 0.124 e. The SMILES string of the molecule is CCC1OCCC1C(O)Cc1ccc(F)cc1Br. The molecular weight excluding hydrogens is 299 g/mol. The van der Waals surface area contributed by atoms with Crippen molar-refractivity contribution >= 4 is 15.9 Å². The Bertz CT molecular complexity index is 411. The van der Waals surface area contributed by atoms with Crippen LogP contribution in [0.15, 0.2) is 22.7 Å². The topological polar surface area (TPSA) is 29.5 Å². The van der Waals surface area contributed by atoms with Crippen molar-refractivity contribution in [2.24, 2.45) is 5.92 Å². The van der Waals surface area contributed by atoms with Gasteiger partial charge in [-0.3, -0.25) is 0 Å². The third kappa shape index (κ3) is 3.11. The Kier molecular flexibility index (Phi) is 4.76. The summed E-state index contributed by atoms with van der Waals surface area (Å²) < 4.78 is 19.3. The van der Waals surface area contributed by atoms with Gasteiger partial charge in [-0.1, -0.05) is 28.9 Å². The van der Waals surface area contributed by atoms with Crippen molar-refractivity contribution in [1.29, 1.82) is 0 Å². The molecule has 1 aliphatic heterocycles. The fraction of sp³-hybridized carbons (Fsp3) is 0.571. The van der Waals surface area contributed by atoms with Gasteiger partial charge in [0.1, 0.15) is 5.82 Å². The molecule has 100 valence electrons. The van der Waals surface area contributed by atoms with Crippen molar-refractivity contribution in [3.05, 3.63) is 34.1 Å². The molecule has 1 fully saturated rings. The summed E-state index contributed by atoms with van der Waals surface area (Å²) >= 11 is 3.33. The second kappa shape index (κ2) is 6.13. The van der Waals surface area contributed by atoms with Gasteiger partial charge < -0.3 is 9.84 Å². The number of rotatable bonds is 4. The second-order valence-corrected chi connectivity index (χ2v) is 5.63. The molecule has 3 atom stereocenters. The Balaban J connectivity index is 2.04. The first-order valence-electron chi connectivity index (χ1n) is 6.35.